The zero-order valence-electron chi connectivity index (χ0n) is 11.3. The molecule has 0 saturated heterocycles. The maximum Gasteiger partial charge on any atom is 0.331 e. The normalized spacial score (nSPS) is 12.6. The number of ether oxygens (including phenoxy) is 3. The SMILES string of the molecule is O=C(/C=C/c1ccccc1)OCc1ccc2c(c1)OCO2. The fourth-order valence-corrected chi connectivity index (χ4v) is 1.96. The Labute approximate surface area is 122 Å². The molecule has 0 amide bonds. The maximum atomic E-state index is 11.7. The van der Waals surface area contributed by atoms with Gasteiger partial charge < -0.3 is 14.2 Å². The summed E-state index contributed by atoms with van der Waals surface area (Å²) in [4.78, 5) is 11.7. The van der Waals surface area contributed by atoms with E-state index < -0.39 is 0 Å². The van der Waals surface area contributed by atoms with Crippen molar-refractivity contribution in [2.75, 3.05) is 6.79 Å². The topological polar surface area (TPSA) is 44.8 Å². The molecule has 4 heteroatoms. The van der Waals surface area contributed by atoms with Crippen LogP contribution < -0.4 is 9.47 Å². The van der Waals surface area contributed by atoms with Crippen LogP contribution >= 0.6 is 0 Å². The van der Waals surface area contributed by atoms with Gasteiger partial charge in [0.05, 0.1) is 0 Å². The van der Waals surface area contributed by atoms with E-state index in [0.29, 0.717) is 11.5 Å². The van der Waals surface area contributed by atoms with Crippen LogP contribution in [-0.2, 0) is 16.1 Å². The third-order valence-electron chi connectivity index (χ3n) is 3.03. The van der Waals surface area contributed by atoms with Crippen molar-refractivity contribution in [1.82, 2.24) is 0 Å². The van der Waals surface area contributed by atoms with Crippen molar-refractivity contribution in [3.05, 3.63) is 65.7 Å². The molecule has 0 aromatic heterocycles. The van der Waals surface area contributed by atoms with Gasteiger partial charge in [0.25, 0.3) is 0 Å². The van der Waals surface area contributed by atoms with E-state index in [-0.39, 0.29) is 19.4 Å². The van der Waals surface area contributed by atoms with Crippen molar-refractivity contribution in [3.8, 4) is 11.5 Å². The van der Waals surface area contributed by atoms with E-state index >= 15 is 0 Å². The number of hydrogen-bond donors (Lipinski definition) is 0. The highest BCUT2D eigenvalue weighted by molar-refractivity contribution is 5.87. The summed E-state index contributed by atoms with van der Waals surface area (Å²) in [6.07, 6.45) is 3.14. The van der Waals surface area contributed by atoms with Crippen LogP contribution in [0, 0.1) is 0 Å². The number of benzene rings is 2. The highest BCUT2D eigenvalue weighted by Gasteiger charge is 2.13. The molecule has 2 aromatic carbocycles. The van der Waals surface area contributed by atoms with Crippen LogP contribution in [0.25, 0.3) is 6.08 Å². The van der Waals surface area contributed by atoms with Crippen molar-refractivity contribution in [3.63, 3.8) is 0 Å². The zero-order chi connectivity index (χ0) is 14.5. The molecule has 0 radical (unpaired) electrons. The van der Waals surface area contributed by atoms with Gasteiger partial charge in [-0.05, 0) is 29.3 Å². The van der Waals surface area contributed by atoms with Gasteiger partial charge in [-0.3, -0.25) is 0 Å². The number of hydrogen-bond acceptors (Lipinski definition) is 4. The van der Waals surface area contributed by atoms with Crippen molar-refractivity contribution in [1.29, 1.82) is 0 Å². The highest BCUT2D eigenvalue weighted by atomic mass is 16.7. The van der Waals surface area contributed by atoms with Gasteiger partial charge in [0.1, 0.15) is 6.61 Å². The molecule has 3 rings (SSSR count). The smallest absolute Gasteiger partial charge is 0.331 e. The monoisotopic (exact) mass is 282 g/mol. The van der Waals surface area contributed by atoms with Crippen LogP contribution in [-0.4, -0.2) is 12.8 Å². The first-order chi connectivity index (χ1) is 10.3. The first kappa shape index (κ1) is 13.2. The predicted octanol–water partition coefficient (Wildman–Crippen LogP) is 3.17. The number of rotatable bonds is 4. The summed E-state index contributed by atoms with van der Waals surface area (Å²) in [7, 11) is 0. The van der Waals surface area contributed by atoms with Gasteiger partial charge in [-0.15, -0.1) is 0 Å². The lowest BCUT2D eigenvalue weighted by Gasteiger charge is -2.03. The molecule has 21 heavy (non-hydrogen) atoms. The van der Waals surface area contributed by atoms with Crippen LogP contribution in [0.3, 0.4) is 0 Å². The van der Waals surface area contributed by atoms with Gasteiger partial charge >= 0.3 is 5.97 Å². The molecule has 0 N–H and O–H groups in total. The summed E-state index contributed by atoms with van der Waals surface area (Å²) >= 11 is 0. The van der Waals surface area contributed by atoms with E-state index in [0.717, 1.165) is 11.1 Å². The zero-order valence-corrected chi connectivity index (χ0v) is 11.3. The molecule has 1 heterocycles. The minimum absolute atomic E-state index is 0.203. The Bertz CT molecular complexity index is 662. The Kier molecular flexibility index (Phi) is 3.87. The van der Waals surface area contributed by atoms with Gasteiger partial charge in [0.15, 0.2) is 11.5 Å². The Hall–Kier alpha value is -2.75. The lowest BCUT2D eigenvalue weighted by atomic mass is 10.2. The molecule has 106 valence electrons. The first-order valence-corrected chi connectivity index (χ1v) is 6.60. The quantitative estimate of drug-likeness (QED) is 0.638. The molecule has 0 atom stereocenters. The Morgan fingerprint density at radius 1 is 1.10 bits per heavy atom. The minimum atomic E-state index is -0.378. The summed E-state index contributed by atoms with van der Waals surface area (Å²) in [6.45, 7) is 0.437. The van der Waals surface area contributed by atoms with Crippen molar-refractivity contribution < 1.29 is 19.0 Å². The van der Waals surface area contributed by atoms with Crippen LogP contribution in [0.2, 0.25) is 0 Å². The predicted molar refractivity (Wildman–Crippen MR) is 77.8 cm³/mol. The van der Waals surface area contributed by atoms with Gasteiger partial charge in [0.2, 0.25) is 6.79 Å². The van der Waals surface area contributed by atoms with E-state index in [1.807, 2.05) is 48.5 Å². The first-order valence-electron chi connectivity index (χ1n) is 6.60. The van der Waals surface area contributed by atoms with E-state index in [4.69, 9.17) is 14.2 Å². The summed E-state index contributed by atoms with van der Waals surface area (Å²) in [5, 5.41) is 0. The molecule has 0 spiro atoms. The molecular weight excluding hydrogens is 268 g/mol. The fraction of sp³-hybridized carbons (Fsp3) is 0.118. The van der Waals surface area contributed by atoms with Crippen LogP contribution in [0.1, 0.15) is 11.1 Å². The molecule has 1 aliphatic rings. The maximum absolute atomic E-state index is 11.7. The van der Waals surface area contributed by atoms with Gasteiger partial charge in [-0.2, -0.15) is 0 Å². The number of fused-ring (bicyclic) bond motifs is 1. The van der Waals surface area contributed by atoms with E-state index in [2.05, 4.69) is 0 Å². The Balaban J connectivity index is 1.55. The van der Waals surface area contributed by atoms with E-state index in [9.17, 15) is 4.79 Å². The average Bonchev–Trinajstić information content (AvgIpc) is 2.99. The number of carbonyl (C=O) groups excluding carboxylic acids is 1. The summed E-state index contributed by atoms with van der Waals surface area (Å²) < 4.78 is 15.7. The number of carbonyl (C=O) groups is 1. The average molecular weight is 282 g/mol. The van der Waals surface area contributed by atoms with Crippen LogP contribution in [0.15, 0.2) is 54.6 Å². The van der Waals surface area contributed by atoms with Gasteiger partial charge in [0, 0.05) is 6.08 Å². The largest absolute Gasteiger partial charge is 0.458 e. The van der Waals surface area contributed by atoms with Crippen molar-refractivity contribution >= 4 is 12.0 Å². The highest BCUT2D eigenvalue weighted by Crippen LogP contribution is 2.32. The van der Waals surface area contributed by atoms with Gasteiger partial charge in [-0.25, -0.2) is 4.79 Å². The van der Waals surface area contributed by atoms with Crippen LogP contribution in [0.5, 0.6) is 11.5 Å². The van der Waals surface area contributed by atoms with Crippen LogP contribution in [0.4, 0.5) is 0 Å². The standard InChI is InChI=1S/C17H14O4/c18-17(9-7-13-4-2-1-3-5-13)19-11-14-6-8-15-16(10-14)21-12-20-15/h1-10H,11-12H2/b9-7+. The van der Waals surface area contributed by atoms with Crippen molar-refractivity contribution in [2.24, 2.45) is 0 Å². The molecule has 0 bridgehead atoms. The molecule has 0 aliphatic carbocycles. The lowest BCUT2D eigenvalue weighted by molar-refractivity contribution is -0.138. The summed E-state index contributed by atoms with van der Waals surface area (Å²) in [5.41, 5.74) is 1.82. The molecule has 0 saturated carbocycles. The Morgan fingerprint density at radius 3 is 2.76 bits per heavy atom. The summed E-state index contributed by atoms with van der Waals surface area (Å²) in [5.74, 6) is 1.02. The molecule has 0 fully saturated rings. The third-order valence-corrected chi connectivity index (χ3v) is 3.03. The van der Waals surface area contributed by atoms with Crippen molar-refractivity contribution in [2.45, 2.75) is 6.61 Å². The van der Waals surface area contributed by atoms with E-state index in [1.165, 1.54) is 6.08 Å². The van der Waals surface area contributed by atoms with Gasteiger partial charge in [-0.1, -0.05) is 36.4 Å². The molecular formula is C17H14O4. The lowest BCUT2D eigenvalue weighted by Crippen LogP contribution is -2.00. The molecule has 4 nitrogen and oxygen atoms in total. The second-order valence-electron chi connectivity index (χ2n) is 4.54. The molecule has 2 aromatic rings. The molecule has 1 aliphatic heterocycles. The molecule has 0 unspecified atom stereocenters. The summed E-state index contributed by atoms with van der Waals surface area (Å²) in [6, 6.07) is 15.1. The second-order valence-corrected chi connectivity index (χ2v) is 4.54. The number of esters is 1. The van der Waals surface area contributed by atoms with E-state index in [1.54, 1.807) is 6.08 Å². The second kappa shape index (κ2) is 6.13. The Morgan fingerprint density at radius 2 is 1.90 bits per heavy atom. The minimum Gasteiger partial charge on any atom is -0.458 e. The third kappa shape index (κ3) is 3.42. The fourth-order valence-electron chi connectivity index (χ4n) is 1.96.